The van der Waals surface area contributed by atoms with Gasteiger partial charge in [0.15, 0.2) is 0 Å². The average molecular weight is 396 g/mol. The van der Waals surface area contributed by atoms with Crippen molar-refractivity contribution in [2.24, 2.45) is 5.92 Å². The predicted molar refractivity (Wildman–Crippen MR) is 114 cm³/mol. The molecule has 0 saturated carbocycles. The van der Waals surface area contributed by atoms with E-state index in [1.807, 2.05) is 38.1 Å². The first-order chi connectivity index (χ1) is 13.9. The molecule has 3 rings (SSSR count). The van der Waals surface area contributed by atoms with E-state index >= 15 is 0 Å². The van der Waals surface area contributed by atoms with Gasteiger partial charge >= 0.3 is 0 Å². The molecule has 1 aliphatic heterocycles. The van der Waals surface area contributed by atoms with Crippen molar-refractivity contribution in [3.63, 3.8) is 0 Å². The van der Waals surface area contributed by atoms with Crippen molar-refractivity contribution in [3.05, 3.63) is 59.7 Å². The summed E-state index contributed by atoms with van der Waals surface area (Å²) in [5.41, 5.74) is 2.72. The molecule has 2 amide bonds. The van der Waals surface area contributed by atoms with E-state index in [0.717, 1.165) is 11.1 Å². The zero-order valence-electron chi connectivity index (χ0n) is 17.0. The topological polar surface area (TPSA) is 81.7 Å². The summed E-state index contributed by atoms with van der Waals surface area (Å²) >= 11 is 0. The van der Waals surface area contributed by atoms with Gasteiger partial charge in [0.05, 0.1) is 18.3 Å². The van der Waals surface area contributed by atoms with Gasteiger partial charge in [-0.25, -0.2) is 0 Å². The number of anilines is 1. The van der Waals surface area contributed by atoms with Crippen LogP contribution >= 0.6 is 0 Å². The molecule has 6 heteroatoms. The fraction of sp³-hybridized carbons (Fsp3) is 0.391. The molecule has 1 heterocycles. The van der Waals surface area contributed by atoms with Gasteiger partial charge in [-0.15, -0.1) is 0 Å². The van der Waals surface area contributed by atoms with E-state index < -0.39 is 0 Å². The second-order valence-electron chi connectivity index (χ2n) is 7.70. The normalized spacial score (nSPS) is 16.2. The van der Waals surface area contributed by atoms with Crippen molar-refractivity contribution in [1.29, 1.82) is 0 Å². The number of para-hydroxylation sites is 2. The monoisotopic (exact) mass is 395 g/mol. The van der Waals surface area contributed by atoms with Crippen molar-refractivity contribution >= 4 is 17.5 Å². The molecular formula is C23H29N3O3. The molecule has 1 fully saturated rings. The number of phenolic OH excluding ortho intramolecular Hbond substituents is 1. The van der Waals surface area contributed by atoms with Gasteiger partial charge in [0.2, 0.25) is 11.8 Å². The third-order valence-corrected chi connectivity index (χ3v) is 5.52. The molecule has 1 unspecified atom stereocenters. The van der Waals surface area contributed by atoms with Gasteiger partial charge in [-0.1, -0.05) is 36.4 Å². The number of carbonyl (C=O) groups is 2. The molecule has 1 saturated heterocycles. The smallest absolute Gasteiger partial charge is 0.234 e. The largest absolute Gasteiger partial charge is 0.506 e. The molecular weight excluding hydrogens is 366 g/mol. The van der Waals surface area contributed by atoms with E-state index in [0.29, 0.717) is 38.2 Å². The Morgan fingerprint density at radius 1 is 1.10 bits per heavy atom. The Labute approximate surface area is 171 Å². The number of benzene rings is 2. The first kappa shape index (κ1) is 20.9. The minimum atomic E-state index is -0.111. The van der Waals surface area contributed by atoms with Gasteiger partial charge in [-0.3, -0.25) is 14.5 Å². The molecule has 0 bridgehead atoms. The highest BCUT2D eigenvalue weighted by Gasteiger charge is 2.26. The van der Waals surface area contributed by atoms with Crippen molar-refractivity contribution in [2.45, 2.75) is 32.7 Å². The third kappa shape index (κ3) is 5.57. The summed E-state index contributed by atoms with van der Waals surface area (Å²) in [4.78, 5) is 27.0. The zero-order valence-corrected chi connectivity index (χ0v) is 17.0. The van der Waals surface area contributed by atoms with Crippen LogP contribution in [0.3, 0.4) is 0 Å². The maximum Gasteiger partial charge on any atom is 0.234 e. The van der Waals surface area contributed by atoms with Crippen LogP contribution in [0.2, 0.25) is 0 Å². The van der Waals surface area contributed by atoms with Crippen LogP contribution in [0.25, 0.3) is 0 Å². The number of hydrogen-bond donors (Lipinski definition) is 3. The van der Waals surface area contributed by atoms with E-state index in [-0.39, 0.29) is 29.5 Å². The number of nitrogens with zero attached hydrogens (tertiary/aromatic N) is 1. The maximum atomic E-state index is 12.5. The summed E-state index contributed by atoms with van der Waals surface area (Å²) < 4.78 is 0. The summed E-state index contributed by atoms with van der Waals surface area (Å²) in [5.74, 6) is -0.126. The molecule has 2 aromatic rings. The Balaban J connectivity index is 1.44. The van der Waals surface area contributed by atoms with Crippen LogP contribution < -0.4 is 10.6 Å². The molecule has 2 aromatic carbocycles. The standard InChI is InChI=1S/C23H29N3O3/c1-16-7-3-4-8-19(16)17(2)24-22(28)15-26-13-11-18(12-14-26)23(29)25-20-9-5-6-10-21(20)27/h3-10,17-18,27H,11-15H2,1-2H3,(H,24,28)(H,25,29). The summed E-state index contributed by atoms with van der Waals surface area (Å²) in [6, 6.07) is 14.7. The van der Waals surface area contributed by atoms with Gasteiger partial charge in [-0.2, -0.15) is 0 Å². The highest BCUT2D eigenvalue weighted by atomic mass is 16.3. The summed E-state index contributed by atoms with van der Waals surface area (Å²) in [7, 11) is 0. The number of amides is 2. The van der Waals surface area contributed by atoms with Gasteiger partial charge in [0.25, 0.3) is 0 Å². The molecule has 29 heavy (non-hydrogen) atoms. The van der Waals surface area contributed by atoms with Crippen LogP contribution in [0.4, 0.5) is 5.69 Å². The third-order valence-electron chi connectivity index (χ3n) is 5.52. The number of hydrogen-bond acceptors (Lipinski definition) is 4. The number of rotatable bonds is 6. The first-order valence-electron chi connectivity index (χ1n) is 10.1. The van der Waals surface area contributed by atoms with E-state index in [4.69, 9.17) is 0 Å². The lowest BCUT2D eigenvalue weighted by molar-refractivity contribution is -0.124. The van der Waals surface area contributed by atoms with E-state index in [1.54, 1.807) is 24.3 Å². The lowest BCUT2D eigenvalue weighted by atomic mass is 9.95. The van der Waals surface area contributed by atoms with Crippen LogP contribution in [0, 0.1) is 12.8 Å². The number of piperidine rings is 1. The van der Waals surface area contributed by atoms with E-state index in [1.165, 1.54) is 0 Å². The number of carbonyl (C=O) groups excluding carboxylic acids is 2. The Bertz CT molecular complexity index is 860. The Kier molecular flexibility index (Phi) is 6.88. The van der Waals surface area contributed by atoms with Crippen molar-refractivity contribution in [2.75, 3.05) is 25.0 Å². The highest BCUT2D eigenvalue weighted by molar-refractivity contribution is 5.93. The number of likely N-dealkylation sites (tertiary alicyclic amines) is 1. The molecule has 1 aliphatic rings. The minimum absolute atomic E-state index is 0.00198. The predicted octanol–water partition coefficient (Wildman–Crippen LogP) is 3.23. The number of aryl methyl sites for hydroxylation is 1. The van der Waals surface area contributed by atoms with Crippen LogP contribution in [0.5, 0.6) is 5.75 Å². The molecule has 154 valence electrons. The van der Waals surface area contributed by atoms with Gasteiger partial charge in [0.1, 0.15) is 5.75 Å². The highest BCUT2D eigenvalue weighted by Crippen LogP contribution is 2.25. The quantitative estimate of drug-likeness (QED) is 0.656. The van der Waals surface area contributed by atoms with Crippen LogP contribution in [0.1, 0.15) is 36.9 Å². The van der Waals surface area contributed by atoms with Crippen LogP contribution in [-0.2, 0) is 9.59 Å². The lowest BCUT2D eigenvalue weighted by Crippen LogP contribution is -2.43. The molecule has 3 N–H and O–H groups in total. The van der Waals surface area contributed by atoms with Crippen molar-refractivity contribution in [1.82, 2.24) is 10.2 Å². The Morgan fingerprint density at radius 2 is 1.76 bits per heavy atom. The summed E-state index contributed by atoms with van der Waals surface area (Å²) in [6.45, 7) is 5.78. The summed E-state index contributed by atoms with van der Waals surface area (Å²) in [6.07, 6.45) is 1.39. The van der Waals surface area contributed by atoms with Crippen molar-refractivity contribution < 1.29 is 14.7 Å². The molecule has 0 aliphatic carbocycles. The molecule has 0 radical (unpaired) electrons. The van der Waals surface area contributed by atoms with Gasteiger partial charge in [-0.05, 0) is 63.0 Å². The zero-order chi connectivity index (χ0) is 20.8. The number of nitrogens with one attached hydrogen (secondary N) is 2. The number of phenols is 1. The lowest BCUT2D eigenvalue weighted by Gasteiger charge is -2.31. The minimum Gasteiger partial charge on any atom is -0.506 e. The Hall–Kier alpha value is -2.86. The fourth-order valence-electron chi connectivity index (χ4n) is 3.81. The fourth-order valence-corrected chi connectivity index (χ4v) is 3.81. The second-order valence-corrected chi connectivity index (χ2v) is 7.70. The van der Waals surface area contributed by atoms with Gasteiger partial charge in [0, 0.05) is 5.92 Å². The SMILES string of the molecule is Cc1ccccc1C(C)NC(=O)CN1CCC(C(=O)Nc2ccccc2O)CC1. The Morgan fingerprint density at radius 3 is 2.45 bits per heavy atom. The molecule has 1 atom stereocenters. The van der Waals surface area contributed by atoms with Crippen LogP contribution in [0.15, 0.2) is 48.5 Å². The first-order valence-corrected chi connectivity index (χ1v) is 10.1. The molecule has 0 spiro atoms. The number of aromatic hydroxyl groups is 1. The van der Waals surface area contributed by atoms with Crippen LogP contribution in [-0.4, -0.2) is 41.5 Å². The maximum absolute atomic E-state index is 12.5. The van der Waals surface area contributed by atoms with E-state index in [9.17, 15) is 14.7 Å². The van der Waals surface area contributed by atoms with Crippen molar-refractivity contribution in [3.8, 4) is 5.75 Å². The average Bonchev–Trinajstić information content (AvgIpc) is 2.70. The molecule has 6 nitrogen and oxygen atoms in total. The second kappa shape index (κ2) is 9.56. The molecule has 0 aromatic heterocycles. The summed E-state index contributed by atoms with van der Waals surface area (Å²) in [5, 5.41) is 15.7. The van der Waals surface area contributed by atoms with Gasteiger partial charge < -0.3 is 15.7 Å². The van der Waals surface area contributed by atoms with E-state index in [2.05, 4.69) is 15.5 Å².